The highest BCUT2D eigenvalue weighted by Gasteiger charge is 2.35. The van der Waals surface area contributed by atoms with Gasteiger partial charge in [0, 0.05) is 19.0 Å². The Labute approximate surface area is 277 Å². The van der Waals surface area contributed by atoms with Gasteiger partial charge >= 0.3 is 0 Å². The minimum absolute atomic E-state index is 0.00956. The fourth-order valence-electron chi connectivity index (χ4n) is 5.06. The Balaban J connectivity index is 1.83. The van der Waals surface area contributed by atoms with Crippen molar-refractivity contribution < 1.29 is 22.7 Å². The Morgan fingerprint density at radius 3 is 2.15 bits per heavy atom. The molecule has 0 aliphatic heterocycles. The lowest BCUT2D eigenvalue weighted by Gasteiger charge is -2.34. The molecule has 0 saturated heterocycles. The number of nitrogens with one attached hydrogen (secondary N) is 1. The van der Waals surface area contributed by atoms with Crippen LogP contribution in [0.4, 0.5) is 5.69 Å². The van der Waals surface area contributed by atoms with Gasteiger partial charge in [-0.3, -0.25) is 13.9 Å². The molecule has 0 fully saturated rings. The van der Waals surface area contributed by atoms with Crippen molar-refractivity contribution in [2.45, 2.75) is 57.1 Å². The van der Waals surface area contributed by atoms with Crippen LogP contribution >= 0.6 is 11.6 Å². The number of rotatable bonds is 14. The second-order valence-corrected chi connectivity index (χ2v) is 13.4. The summed E-state index contributed by atoms with van der Waals surface area (Å²) >= 11 is 6.44. The van der Waals surface area contributed by atoms with Crippen LogP contribution in [0.25, 0.3) is 0 Å². The van der Waals surface area contributed by atoms with Crippen molar-refractivity contribution in [1.82, 2.24) is 10.2 Å². The van der Waals surface area contributed by atoms with Crippen LogP contribution in [0.1, 0.15) is 37.0 Å². The molecule has 0 bridgehead atoms. The molecular formula is C36H40ClN3O5S. The molecule has 46 heavy (non-hydrogen) atoms. The lowest BCUT2D eigenvalue weighted by atomic mass is 10.0. The summed E-state index contributed by atoms with van der Waals surface area (Å²) < 4.78 is 34.6. The van der Waals surface area contributed by atoms with E-state index in [0.29, 0.717) is 12.2 Å². The number of hydrogen-bond donors (Lipinski definition) is 1. The molecule has 0 saturated carbocycles. The van der Waals surface area contributed by atoms with E-state index < -0.39 is 28.5 Å². The lowest BCUT2D eigenvalue weighted by molar-refractivity contribution is -0.140. The van der Waals surface area contributed by atoms with Crippen molar-refractivity contribution in [3.05, 3.63) is 125 Å². The van der Waals surface area contributed by atoms with Crippen molar-refractivity contribution in [2.24, 2.45) is 0 Å². The Bertz CT molecular complexity index is 1740. The molecule has 0 radical (unpaired) electrons. The van der Waals surface area contributed by atoms with Gasteiger partial charge in [0.25, 0.3) is 10.0 Å². The summed E-state index contributed by atoms with van der Waals surface area (Å²) in [5, 5.41) is 3.23. The maximum Gasteiger partial charge on any atom is 0.264 e. The van der Waals surface area contributed by atoms with E-state index in [2.05, 4.69) is 5.32 Å². The van der Waals surface area contributed by atoms with Crippen LogP contribution < -0.4 is 14.4 Å². The molecule has 0 unspecified atom stereocenters. The van der Waals surface area contributed by atoms with Crippen LogP contribution in [-0.2, 0) is 32.6 Å². The van der Waals surface area contributed by atoms with Crippen LogP contribution in [0.3, 0.4) is 0 Å². The first kappa shape index (κ1) is 34.5. The average Bonchev–Trinajstić information content (AvgIpc) is 3.05. The van der Waals surface area contributed by atoms with E-state index in [-0.39, 0.29) is 40.5 Å². The van der Waals surface area contributed by atoms with Gasteiger partial charge < -0.3 is 15.0 Å². The number of aryl methyl sites for hydroxylation is 1. The summed E-state index contributed by atoms with van der Waals surface area (Å²) in [6, 6.07) is 28.5. The van der Waals surface area contributed by atoms with Crippen LogP contribution in [0, 0.1) is 6.92 Å². The molecule has 8 nitrogen and oxygen atoms in total. The molecule has 4 aromatic rings. The summed E-state index contributed by atoms with van der Waals surface area (Å²) in [5.41, 5.74) is 2.86. The fraction of sp³-hybridized carbons (Fsp3) is 0.278. The third-order valence-corrected chi connectivity index (χ3v) is 9.82. The first-order valence-electron chi connectivity index (χ1n) is 15.1. The largest absolute Gasteiger partial charge is 0.495 e. The molecule has 0 aliphatic rings. The molecule has 4 aromatic carbocycles. The first-order valence-corrected chi connectivity index (χ1v) is 17.0. The molecule has 0 spiro atoms. The lowest BCUT2D eigenvalue weighted by Crippen LogP contribution is -2.54. The molecule has 1 N–H and O–H groups in total. The predicted molar refractivity (Wildman–Crippen MR) is 183 cm³/mol. The van der Waals surface area contributed by atoms with Crippen molar-refractivity contribution in [3.8, 4) is 5.75 Å². The summed E-state index contributed by atoms with van der Waals surface area (Å²) in [5.74, 6) is -0.503. The van der Waals surface area contributed by atoms with E-state index in [4.69, 9.17) is 16.3 Å². The Morgan fingerprint density at radius 1 is 0.891 bits per heavy atom. The number of nitrogens with zero attached hydrogens (tertiary/aromatic N) is 2. The second-order valence-electron chi connectivity index (χ2n) is 11.2. The third-order valence-electron chi connectivity index (χ3n) is 7.74. The topological polar surface area (TPSA) is 96.0 Å². The number of benzene rings is 4. The normalized spacial score (nSPS) is 12.5. The van der Waals surface area contributed by atoms with Crippen LogP contribution in [0.15, 0.2) is 108 Å². The van der Waals surface area contributed by atoms with E-state index in [9.17, 15) is 18.0 Å². The number of carbonyl (C=O) groups is 2. The summed E-state index contributed by atoms with van der Waals surface area (Å²) in [7, 11) is -2.78. The van der Waals surface area contributed by atoms with Gasteiger partial charge in [-0.1, -0.05) is 96.9 Å². The molecule has 242 valence electrons. The number of ether oxygens (including phenoxy) is 1. The summed E-state index contributed by atoms with van der Waals surface area (Å²) in [6.45, 7) is 5.35. The first-order chi connectivity index (χ1) is 22.0. The Morgan fingerprint density at radius 2 is 1.54 bits per heavy atom. The Kier molecular flexibility index (Phi) is 11.8. The van der Waals surface area contributed by atoms with Gasteiger partial charge in [-0.15, -0.1) is 0 Å². The molecule has 2 atom stereocenters. The van der Waals surface area contributed by atoms with Crippen LogP contribution in [-0.4, -0.2) is 50.9 Å². The van der Waals surface area contributed by atoms with Crippen molar-refractivity contribution >= 4 is 39.1 Å². The fourth-order valence-corrected chi connectivity index (χ4v) is 6.74. The summed E-state index contributed by atoms with van der Waals surface area (Å²) in [4.78, 5) is 30.0. The van der Waals surface area contributed by atoms with Crippen molar-refractivity contribution in [1.29, 1.82) is 0 Å². The zero-order chi connectivity index (χ0) is 33.3. The van der Waals surface area contributed by atoms with Gasteiger partial charge in [0.05, 0.1) is 22.7 Å². The molecular weight excluding hydrogens is 622 g/mol. The van der Waals surface area contributed by atoms with E-state index in [1.54, 1.807) is 30.3 Å². The van der Waals surface area contributed by atoms with E-state index in [0.717, 1.165) is 21.0 Å². The highest BCUT2D eigenvalue weighted by Crippen LogP contribution is 2.32. The standard InChI is InChI=1S/C36H40ClN3O5S/c1-5-27(3)38-36(42)33(22-28-14-8-6-9-15-28)39(24-29-16-12-13-26(2)21-29)35(41)25-40(30-19-20-34(45-4)32(37)23-30)46(43,44)31-17-10-7-11-18-31/h6-21,23,27,33H,5,22,24-25H2,1-4H3,(H,38,42)/t27-,33+/m1/s1. The van der Waals surface area contributed by atoms with Crippen molar-refractivity contribution in [3.63, 3.8) is 0 Å². The minimum Gasteiger partial charge on any atom is -0.495 e. The van der Waals surface area contributed by atoms with E-state index in [1.807, 2.05) is 75.4 Å². The quantitative estimate of drug-likeness (QED) is 0.169. The van der Waals surface area contributed by atoms with Gasteiger partial charge in [-0.05, 0) is 61.7 Å². The van der Waals surface area contributed by atoms with E-state index in [1.165, 1.54) is 30.2 Å². The van der Waals surface area contributed by atoms with Gasteiger partial charge in [0.15, 0.2) is 0 Å². The summed E-state index contributed by atoms with van der Waals surface area (Å²) in [6.07, 6.45) is 0.942. The SMILES string of the molecule is CC[C@@H](C)NC(=O)[C@H](Cc1ccccc1)N(Cc1cccc(C)c1)C(=O)CN(c1ccc(OC)c(Cl)c1)S(=O)(=O)c1ccccc1. The molecule has 4 rings (SSSR count). The van der Waals surface area contributed by atoms with E-state index >= 15 is 0 Å². The second kappa shape index (κ2) is 15.8. The number of sulfonamides is 1. The number of carbonyl (C=O) groups excluding carboxylic acids is 2. The van der Waals surface area contributed by atoms with Crippen LogP contribution in [0.5, 0.6) is 5.75 Å². The van der Waals surface area contributed by atoms with Gasteiger partial charge in [-0.2, -0.15) is 0 Å². The maximum atomic E-state index is 14.6. The molecule has 0 aromatic heterocycles. The number of halogens is 1. The zero-order valence-corrected chi connectivity index (χ0v) is 28.1. The molecule has 10 heteroatoms. The number of methoxy groups -OCH3 is 1. The number of anilines is 1. The average molecular weight is 662 g/mol. The van der Waals surface area contributed by atoms with Crippen LogP contribution in [0.2, 0.25) is 5.02 Å². The predicted octanol–water partition coefficient (Wildman–Crippen LogP) is 6.41. The minimum atomic E-state index is -4.24. The third kappa shape index (κ3) is 8.68. The highest BCUT2D eigenvalue weighted by molar-refractivity contribution is 7.92. The number of hydrogen-bond acceptors (Lipinski definition) is 5. The zero-order valence-electron chi connectivity index (χ0n) is 26.5. The van der Waals surface area contributed by atoms with Crippen molar-refractivity contribution in [2.75, 3.05) is 18.0 Å². The molecule has 0 aliphatic carbocycles. The molecule has 0 heterocycles. The van der Waals surface area contributed by atoms with Gasteiger partial charge in [-0.25, -0.2) is 8.42 Å². The monoisotopic (exact) mass is 661 g/mol. The van der Waals surface area contributed by atoms with Gasteiger partial charge in [0.1, 0.15) is 18.3 Å². The maximum absolute atomic E-state index is 14.6. The smallest absolute Gasteiger partial charge is 0.264 e. The molecule has 2 amide bonds. The highest BCUT2D eigenvalue weighted by atomic mass is 35.5. The van der Waals surface area contributed by atoms with Gasteiger partial charge in [0.2, 0.25) is 11.8 Å². The Hall–Kier alpha value is -4.34. The number of amides is 2.